The molecule has 0 saturated carbocycles. The van der Waals surface area contributed by atoms with Gasteiger partial charge in [-0.2, -0.15) is 0 Å². The molecule has 2 aromatic heterocycles. The topological polar surface area (TPSA) is 53.9 Å². The van der Waals surface area contributed by atoms with Gasteiger partial charge in [0, 0.05) is 24.7 Å². The van der Waals surface area contributed by atoms with Crippen molar-refractivity contribution in [2.24, 2.45) is 5.92 Å². The van der Waals surface area contributed by atoms with E-state index >= 15 is 0 Å². The summed E-state index contributed by atoms with van der Waals surface area (Å²) in [6.07, 6.45) is 10.6. The summed E-state index contributed by atoms with van der Waals surface area (Å²) in [5.41, 5.74) is 3.03. The van der Waals surface area contributed by atoms with E-state index in [0.29, 0.717) is 0 Å². The van der Waals surface area contributed by atoms with Crippen molar-refractivity contribution in [2.45, 2.75) is 32.2 Å². The third-order valence-corrected chi connectivity index (χ3v) is 5.03. The second kappa shape index (κ2) is 7.65. The van der Waals surface area contributed by atoms with E-state index in [2.05, 4.69) is 25.2 Å². The Morgan fingerprint density at radius 2 is 2.18 bits per heavy atom. The molecule has 2 aromatic rings. The largest absolute Gasteiger partial charge is 0.372 e. The van der Waals surface area contributed by atoms with Crippen LogP contribution in [0.25, 0.3) is 0 Å². The van der Waals surface area contributed by atoms with Crippen LogP contribution in [0.15, 0.2) is 24.1 Å². The first kappa shape index (κ1) is 15.4. The molecule has 22 heavy (non-hydrogen) atoms. The Labute approximate surface area is 135 Å². The summed E-state index contributed by atoms with van der Waals surface area (Å²) >= 11 is 1.75. The van der Waals surface area contributed by atoms with Crippen molar-refractivity contribution in [3.8, 4) is 0 Å². The monoisotopic (exact) mass is 317 g/mol. The molecule has 1 aliphatic rings. The highest BCUT2D eigenvalue weighted by atomic mass is 32.1. The predicted molar refractivity (Wildman–Crippen MR) is 90.0 cm³/mol. The summed E-state index contributed by atoms with van der Waals surface area (Å²) in [6.45, 7) is 3.41. The summed E-state index contributed by atoms with van der Waals surface area (Å²) in [7, 11) is 1.87. The lowest BCUT2D eigenvalue weighted by Gasteiger charge is -2.19. The molecular formula is C16H23N5S. The van der Waals surface area contributed by atoms with Gasteiger partial charge in [0.25, 0.3) is 0 Å². The Hall–Kier alpha value is -1.53. The molecule has 1 fully saturated rings. The van der Waals surface area contributed by atoms with Crippen LogP contribution < -0.4 is 5.32 Å². The van der Waals surface area contributed by atoms with E-state index < -0.39 is 0 Å². The van der Waals surface area contributed by atoms with Crippen LogP contribution in [-0.4, -0.2) is 40.0 Å². The van der Waals surface area contributed by atoms with Gasteiger partial charge in [-0.3, -0.25) is 14.9 Å². The normalized spacial score (nSPS) is 19.8. The Kier molecular flexibility index (Phi) is 5.34. The van der Waals surface area contributed by atoms with Gasteiger partial charge in [0.05, 0.1) is 23.6 Å². The zero-order valence-corrected chi connectivity index (χ0v) is 13.9. The number of nitrogens with one attached hydrogen (secondary N) is 1. The van der Waals surface area contributed by atoms with Gasteiger partial charge in [-0.05, 0) is 44.7 Å². The molecule has 3 heterocycles. The van der Waals surface area contributed by atoms with Gasteiger partial charge >= 0.3 is 0 Å². The molecule has 3 rings (SSSR count). The first-order valence-corrected chi connectivity index (χ1v) is 8.80. The summed E-state index contributed by atoms with van der Waals surface area (Å²) in [6, 6.07) is 0. The third-order valence-electron chi connectivity index (χ3n) is 4.26. The minimum atomic E-state index is 0.723. The number of nitrogens with zero attached hydrogens (tertiary/aromatic N) is 4. The number of rotatable bonds is 5. The molecule has 0 bridgehead atoms. The third kappa shape index (κ3) is 4.24. The molecule has 6 heteroatoms. The lowest BCUT2D eigenvalue weighted by Crippen LogP contribution is -2.24. The van der Waals surface area contributed by atoms with Gasteiger partial charge in [0.2, 0.25) is 0 Å². The molecule has 0 unspecified atom stereocenters. The standard InChI is InChI=1S/C16H23N5S/c1-17-16-10-19-14(8-20-16)7-13-3-2-5-21(6-4-13)11-15-9-18-12-22-15/h8-10,12-13H,2-7,11H2,1H3,(H,17,20)/t13-/m0/s1. The average Bonchev–Trinajstić information content (AvgIpc) is 2.96. The molecule has 1 N–H and O–H groups in total. The summed E-state index contributed by atoms with van der Waals surface area (Å²) in [5, 5.41) is 3.01. The highest BCUT2D eigenvalue weighted by Gasteiger charge is 2.18. The van der Waals surface area contributed by atoms with E-state index in [4.69, 9.17) is 0 Å². The number of likely N-dealkylation sites (tertiary alicyclic amines) is 1. The fourth-order valence-corrected chi connectivity index (χ4v) is 3.65. The van der Waals surface area contributed by atoms with E-state index in [1.165, 1.54) is 37.2 Å². The molecule has 5 nitrogen and oxygen atoms in total. The molecule has 0 radical (unpaired) electrons. The van der Waals surface area contributed by atoms with Crippen LogP contribution in [0.3, 0.4) is 0 Å². The van der Waals surface area contributed by atoms with Crippen LogP contribution in [0.2, 0.25) is 0 Å². The van der Waals surface area contributed by atoms with Crippen LogP contribution in [-0.2, 0) is 13.0 Å². The number of aromatic nitrogens is 3. The highest BCUT2D eigenvalue weighted by Crippen LogP contribution is 2.22. The summed E-state index contributed by atoms with van der Waals surface area (Å²) in [5.74, 6) is 1.56. The smallest absolute Gasteiger partial charge is 0.144 e. The molecular weight excluding hydrogens is 294 g/mol. The van der Waals surface area contributed by atoms with Gasteiger partial charge in [-0.15, -0.1) is 11.3 Å². The van der Waals surface area contributed by atoms with Gasteiger partial charge < -0.3 is 5.32 Å². The summed E-state index contributed by atoms with van der Waals surface area (Å²) < 4.78 is 0. The van der Waals surface area contributed by atoms with Crippen LogP contribution in [0.4, 0.5) is 5.82 Å². The van der Waals surface area contributed by atoms with Crippen molar-refractivity contribution < 1.29 is 0 Å². The zero-order valence-electron chi connectivity index (χ0n) is 13.0. The molecule has 0 aliphatic carbocycles. The van der Waals surface area contributed by atoms with Gasteiger partial charge in [-0.1, -0.05) is 0 Å². The molecule has 118 valence electrons. The van der Waals surface area contributed by atoms with E-state index in [9.17, 15) is 0 Å². The maximum atomic E-state index is 4.51. The van der Waals surface area contributed by atoms with E-state index in [-0.39, 0.29) is 0 Å². The number of hydrogen-bond donors (Lipinski definition) is 1. The van der Waals surface area contributed by atoms with E-state index in [1.807, 2.05) is 31.1 Å². The zero-order chi connectivity index (χ0) is 15.2. The van der Waals surface area contributed by atoms with Crippen LogP contribution >= 0.6 is 11.3 Å². The van der Waals surface area contributed by atoms with Crippen molar-refractivity contribution in [2.75, 3.05) is 25.5 Å². The quantitative estimate of drug-likeness (QED) is 0.919. The van der Waals surface area contributed by atoms with Gasteiger partial charge in [0.1, 0.15) is 5.82 Å². The number of anilines is 1. The van der Waals surface area contributed by atoms with Crippen LogP contribution in [0, 0.1) is 5.92 Å². The Balaban J connectivity index is 1.51. The van der Waals surface area contributed by atoms with Crippen molar-refractivity contribution >= 4 is 17.2 Å². The fraction of sp³-hybridized carbons (Fsp3) is 0.562. The van der Waals surface area contributed by atoms with Crippen LogP contribution in [0.5, 0.6) is 0 Å². The molecule has 1 saturated heterocycles. The lowest BCUT2D eigenvalue weighted by molar-refractivity contribution is 0.274. The Morgan fingerprint density at radius 3 is 2.91 bits per heavy atom. The lowest BCUT2D eigenvalue weighted by atomic mass is 9.95. The SMILES string of the molecule is CNc1cnc(C[C@H]2CCCN(Cc3cncs3)CC2)cn1. The first-order valence-electron chi connectivity index (χ1n) is 7.92. The molecule has 0 amide bonds. The maximum absolute atomic E-state index is 4.51. The van der Waals surface area contributed by atoms with Crippen LogP contribution in [0.1, 0.15) is 29.8 Å². The van der Waals surface area contributed by atoms with Crippen molar-refractivity contribution in [1.29, 1.82) is 0 Å². The number of hydrogen-bond acceptors (Lipinski definition) is 6. The van der Waals surface area contributed by atoms with E-state index in [1.54, 1.807) is 11.3 Å². The maximum Gasteiger partial charge on any atom is 0.144 e. The minimum Gasteiger partial charge on any atom is -0.372 e. The first-order chi connectivity index (χ1) is 10.8. The molecule has 1 atom stereocenters. The molecule has 0 spiro atoms. The fourth-order valence-electron chi connectivity index (χ4n) is 3.01. The second-order valence-electron chi connectivity index (χ2n) is 5.89. The van der Waals surface area contributed by atoms with E-state index in [0.717, 1.165) is 30.4 Å². The van der Waals surface area contributed by atoms with Gasteiger partial charge in [0.15, 0.2) is 0 Å². The molecule has 1 aliphatic heterocycles. The number of thiazole rings is 1. The van der Waals surface area contributed by atoms with Crippen molar-refractivity contribution in [3.63, 3.8) is 0 Å². The molecule has 0 aromatic carbocycles. The predicted octanol–water partition coefficient (Wildman–Crippen LogP) is 2.82. The Bertz CT molecular complexity index is 554. The second-order valence-corrected chi connectivity index (χ2v) is 6.86. The van der Waals surface area contributed by atoms with Crippen molar-refractivity contribution in [3.05, 3.63) is 34.7 Å². The minimum absolute atomic E-state index is 0.723. The van der Waals surface area contributed by atoms with Crippen molar-refractivity contribution in [1.82, 2.24) is 19.9 Å². The highest BCUT2D eigenvalue weighted by molar-refractivity contribution is 7.09. The summed E-state index contributed by atoms with van der Waals surface area (Å²) in [4.78, 5) is 17.0. The Morgan fingerprint density at radius 1 is 1.23 bits per heavy atom. The average molecular weight is 317 g/mol. The van der Waals surface area contributed by atoms with Gasteiger partial charge in [-0.25, -0.2) is 4.98 Å².